The zero-order valence-electron chi connectivity index (χ0n) is 13.6. The van der Waals surface area contributed by atoms with Crippen LogP contribution >= 0.6 is 11.6 Å². The first-order valence-electron chi connectivity index (χ1n) is 7.38. The van der Waals surface area contributed by atoms with Crippen molar-refractivity contribution in [3.05, 3.63) is 58.7 Å². The lowest BCUT2D eigenvalue weighted by Crippen LogP contribution is -2.12. The Bertz CT molecular complexity index is 965. The molecule has 0 aliphatic rings. The number of carbonyl (C=O) groups excluding carboxylic acids is 2. The third kappa shape index (κ3) is 3.29. The topological polar surface area (TPSA) is 80.4 Å². The van der Waals surface area contributed by atoms with E-state index in [2.05, 4.69) is 15.0 Å². The van der Waals surface area contributed by atoms with Gasteiger partial charge in [0.2, 0.25) is 0 Å². The summed E-state index contributed by atoms with van der Waals surface area (Å²) in [7, 11) is 2.85. The largest absolute Gasteiger partial charge is 0.497 e. The smallest absolute Gasteiger partial charge is 0.337 e. The fourth-order valence-electron chi connectivity index (χ4n) is 2.47. The van der Waals surface area contributed by atoms with Gasteiger partial charge in [0, 0.05) is 17.1 Å². The van der Waals surface area contributed by atoms with Gasteiger partial charge in [-0.1, -0.05) is 11.6 Å². The van der Waals surface area contributed by atoms with Gasteiger partial charge in [-0.15, -0.1) is 0 Å². The number of hydrogen-bond donors (Lipinski definition) is 2. The van der Waals surface area contributed by atoms with Gasteiger partial charge in [0.1, 0.15) is 5.75 Å². The van der Waals surface area contributed by atoms with Crippen LogP contribution in [0.2, 0.25) is 5.02 Å². The molecule has 0 aliphatic carbocycles. The van der Waals surface area contributed by atoms with Crippen molar-refractivity contribution in [2.45, 2.75) is 0 Å². The molecular formula is C18H15ClN2O4. The lowest BCUT2D eigenvalue weighted by molar-refractivity contribution is 0.0600. The fraction of sp³-hybridized carbons (Fsp3) is 0.111. The minimum Gasteiger partial charge on any atom is -0.497 e. The number of benzene rings is 2. The number of amides is 1. The number of carbonyl (C=O) groups is 2. The molecule has 0 aliphatic heterocycles. The van der Waals surface area contributed by atoms with Crippen molar-refractivity contribution >= 4 is 40.1 Å². The molecule has 128 valence electrons. The molecule has 0 saturated heterocycles. The number of rotatable bonds is 4. The van der Waals surface area contributed by atoms with Crippen LogP contribution in [0.1, 0.15) is 20.7 Å². The van der Waals surface area contributed by atoms with E-state index in [9.17, 15) is 9.59 Å². The van der Waals surface area contributed by atoms with E-state index in [4.69, 9.17) is 16.3 Å². The first-order valence-corrected chi connectivity index (χ1v) is 7.75. The van der Waals surface area contributed by atoms with Crippen molar-refractivity contribution in [3.8, 4) is 5.75 Å². The van der Waals surface area contributed by atoms with Crippen LogP contribution in [-0.4, -0.2) is 31.1 Å². The normalized spacial score (nSPS) is 10.5. The molecule has 3 rings (SSSR count). The molecule has 3 aromatic rings. The molecule has 0 unspecified atom stereocenters. The predicted molar refractivity (Wildman–Crippen MR) is 95.6 cm³/mol. The van der Waals surface area contributed by atoms with Crippen LogP contribution in [-0.2, 0) is 4.74 Å². The van der Waals surface area contributed by atoms with Gasteiger partial charge in [0.25, 0.3) is 5.91 Å². The van der Waals surface area contributed by atoms with Crippen molar-refractivity contribution in [1.82, 2.24) is 4.98 Å². The Morgan fingerprint density at radius 2 is 1.92 bits per heavy atom. The average Bonchev–Trinajstić information content (AvgIpc) is 3.05. The molecule has 1 amide bonds. The second-order valence-corrected chi connectivity index (χ2v) is 5.66. The van der Waals surface area contributed by atoms with Crippen LogP contribution in [0, 0.1) is 0 Å². The van der Waals surface area contributed by atoms with Gasteiger partial charge in [-0.2, -0.15) is 0 Å². The van der Waals surface area contributed by atoms with Crippen LogP contribution in [0.25, 0.3) is 10.9 Å². The monoisotopic (exact) mass is 358 g/mol. The number of ether oxygens (including phenoxy) is 2. The third-order valence-electron chi connectivity index (χ3n) is 3.77. The Balaban J connectivity index is 1.94. The SMILES string of the molecule is COC(=O)c1ccc(Cl)c(NC(=O)c2c[nH]c3ccc(OC)cc23)c1. The second-order valence-electron chi connectivity index (χ2n) is 5.25. The number of aromatic amines is 1. The fourth-order valence-corrected chi connectivity index (χ4v) is 2.63. The van der Waals surface area contributed by atoms with Gasteiger partial charge in [-0.05, 0) is 36.4 Å². The molecule has 1 aromatic heterocycles. The van der Waals surface area contributed by atoms with Crippen molar-refractivity contribution in [1.29, 1.82) is 0 Å². The van der Waals surface area contributed by atoms with Gasteiger partial charge in [-0.25, -0.2) is 4.79 Å². The van der Waals surface area contributed by atoms with Gasteiger partial charge in [-0.3, -0.25) is 4.79 Å². The minimum absolute atomic E-state index is 0.294. The molecular weight excluding hydrogens is 344 g/mol. The van der Waals surface area contributed by atoms with E-state index in [-0.39, 0.29) is 5.91 Å². The van der Waals surface area contributed by atoms with Gasteiger partial charge in [0.15, 0.2) is 0 Å². The Hall–Kier alpha value is -2.99. The number of halogens is 1. The molecule has 6 nitrogen and oxygen atoms in total. The van der Waals surface area contributed by atoms with Crippen LogP contribution in [0.3, 0.4) is 0 Å². The molecule has 1 heterocycles. The highest BCUT2D eigenvalue weighted by Gasteiger charge is 2.16. The summed E-state index contributed by atoms with van der Waals surface area (Å²) in [6.45, 7) is 0. The van der Waals surface area contributed by atoms with E-state index < -0.39 is 5.97 Å². The summed E-state index contributed by atoms with van der Waals surface area (Å²) >= 11 is 6.12. The van der Waals surface area contributed by atoms with E-state index in [1.807, 2.05) is 6.07 Å². The number of methoxy groups -OCH3 is 2. The second kappa shape index (κ2) is 6.86. The van der Waals surface area contributed by atoms with E-state index in [1.54, 1.807) is 25.4 Å². The molecule has 0 bridgehead atoms. The average molecular weight is 359 g/mol. The number of nitrogens with one attached hydrogen (secondary N) is 2. The summed E-state index contributed by atoms with van der Waals surface area (Å²) in [6.07, 6.45) is 1.61. The number of H-pyrrole nitrogens is 1. The van der Waals surface area contributed by atoms with E-state index >= 15 is 0 Å². The van der Waals surface area contributed by atoms with Crippen LogP contribution in [0.5, 0.6) is 5.75 Å². The first-order chi connectivity index (χ1) is 12.0. The summed E-state index contributed by atoms with van der Waals surface area (Å²) < 4.78 is 9.88. The molecule has 2 N–H and O–H groups in total. The summed E-state index contributed by atoms with van der Waals surface area (Å²) in [5.74, 6) is -0.223. The molecule has 7 heteroatoms. The zero-order chi connectivity index (χ0) is 18.0. The molecule has 0 atom stereocenters. The summed E-state index contributed by atoms with van der Waals surface area (Å²) in [5.41, 5.74) is 1.86. The lowest BCUT2D eigenvalue weighted by atomic mass is 10.1. The molecule has 0 spiro atoms. The Morgan fingerprint density at radius 1 is 1.12 bits per heavy atom. The van der Waals surface area contributed by atoms with Gasteiger partial charge >= 0.3 is 5.97 Å². The number of hydrogen-bond acceptors (Lipinski definition) is 4. The highest BCUT2D eigenvalue weighted by molar-refractivity contribution is 6.34. The first kappa shape index (κ1) is 16.9. The van der Waals surface area contributed by atoms with Gasteiger partial charge < -0.3 is 19.8 Å². The van der Waals surface area contributed by atoms with Crippen LogP contribution in [0.15, 0.2) is 42.6 Å². The van der Waals surface area contributed by atoms with E-state index in [0.29, 0.717) is 27.6 Å². The molecule has 2 aromatic carbocycles. The number of anilines is 1. The maximum atomic E-state index is 12.6. The van der Waals surface area contributed by atoms with Crippen LogP contribution in [0.4, 0.5) is 5.69 Å². The minimum atomic E-state index is -0.510. The third-order valence-corrected chi connectivity index (χ3v) is 4.10. The molecule has 0 fully saturated rings. The number of esters is 1. The predicted octanol–water partition coefficient (Wildman–Crippen LogP) is 3.87. The highest BCUT2D eigenvalue weighted by atomic mass is 35.5. The Kier molecular flexibility index (Phi) is 4.63. The maximum absolute atomic E-state index is 12.6. The Morgan fingerprint density at radius 3 is 2.64 bits per heavy atom. The molecule has 25 heavy (non-hydrogen) atoms. The van der Waals surface area contributed by atoms with Gasteiger partial charge in [0.05, 0.1) is 36.1 Å². The van der Waals surface area contributed by atoms with E-state index in [0.717, 1.165) is 10.9 Å². The lowest BCUT2D eigenvalue weighted by Gasteiger charge is -2.09. The van der Waals surface area contributed by atoms with Crippen molar-refractivity contribution in [3.63, 3.8) is 0 Å². The summed E-state index contributed by atoms with van der Waals surface area (Å²) in [5, 5.41) is 3.76. The molecule has 0 radical (unpaired) electrons. The standard InChI is InChI=1S/C18H15ClN2O4/c1-24-11-4-6-15-12(8-11)13(9-20-15)17(22)21-16-7-10(18(23)25-2)3-5-14(16)19/h3-9,20H,1-2H3,(H,21,22). The summed E-state index contributed by atoms with van der Waals surface area (Å²) in [6, 6.07) is 9.93. The maximum Gasteiger partial charge on any atom is 0.337 e. The zero-order valence-corrected chi connectivity index (χ0v) is 14.3. The number of fused-ring (bicyclic) bond motifs is 1. The van der Waals surface area contributed by atoms with Crippen molar-refractivity contribution in [2.75, 3.05) is 19.5 Å². The van der Waals surface area contributed by atoms with Crippen molar-refractivity contribution < 1.29 is 19.1 Å². The van der Waals surface area contributed by atoms with Crippen molar-refractivity contribution in [2.24, 2.45) is 0 Å². The quantitative estimate of drug-likeness (QED) is 0.694. The molecule has 0 saturated carbocycles. The number of aromatic nitrogens is 1. The highest BCUT2D eigenvalue weighted by Crippen LogP contribution is 2.27. The Labute approximate surface area is 148 Å². The van der Waals surface area contributed by atoms with E-state index in [1.165, 1.54) is 25.3 Å². The summed E-state index contributed by atoms with van der Waals surface area (Å²) in [4.78, 5) is 27.3. The van der Waals surface area contributed by atoms with Crippen LogP contribution < -0.4 is 10.1 Å².